The van der Waals surface area contributed by atoms with E-state index in [4.69, 9.17) is 28.4 Å². The second-order valence-electron chi connectivity index (χ2n) is 22.9. The van der Waals surface area contributed by atoms with Gasteiger partial charge in [0, 0.05) is 13.0 Å². The number of rotatable bonds is 54. The Morgan fingerprint density at radius 2 is 0.793 bits per heavy atom. The fourth-order valence-electron chi connectivity index (χ4n) is 10.2. The molecule has 0 aromatic carbocycles. The summed E-state index contributed by atoms with van der Waals surface area (Å²) in [6.07, 6.45) is 54.0. The highest BCUT2D eigenvalue weighted by Crippen LogP contribution is 2.27. The van der Waals surface area contributed by atoms with Crippen LogP contribution in [0.1, 0.15) is 251 Å². The van der Waals surface area contributed by atoms with E-state index in [-0.39, 0.29) is 19.6 Å². The zero-order chi connectivity index (χ0) is 59.4. The van der Waals surface area contributed by atoms with Crippen LogP contribution in [0.4, 0.5) is 0 Å². The SMILES string of the molecule is CC/C=C\C/C=C\C/C=C\C/C=C\C/C=C\C/C=C\CCCCCCC(=O)OC(COCCCCCCCCCCCCCCCCCCCCCCCCCCC)COC1OC(COC2OC(CO)C(O)C(O)C2O)C(O)C(O)C1O. The van der Waals surface area contributed by atoms with Crippen molar-refractivity contribution in [1.82, 2.24) is 0 Å². The molecule has 0 bridgehead atoms. The van der Waals surface area contributed by atoms with Crippen LogP contribution >= 0.6 is 0 Å². The molecule has 2 rings (SSSR count). The summed E-state index contributed by atoms with van der Waals surface area (Å²) >= 11 is 0. The molecule has 0 spiro atoms. The maximum Gasteiger partial charge on any atom is 0.306 e. The minimum absolute atomic E-state index is 0.0503. The molecular weight excluding hydrogens is 1040 g/mol. The van der Waals surface area contributed by atoms with Gasteiger partial charge in [-0.25, -0.2) is 0 Å². The molecule has 82 heavy (non-hydrogen) atoms. The molecule has 0 radical (unpaired) electrons. The van der Waals surface area contributed by atoms with E-state index >= 15 is 0 Å². The van der Waals surface area contributed by atoms with E-state index in [1.807, 2.05) is 0 Å². The normalized spacial score (nSPS) is 24.0. The minimum Gasteiger partial charge on any atom is -0.457 e. The molecule has 14 heteroatoms. The number of aliphatic hydroxyl groups is 7. The van der Waals surface area contributed by atoms with Crippen molar-refractivity contribution in [3.8, 4) is 0 Å². The number of ether oxygens (including phenoxy) is 6. The number of carbonyl (C=O) groups excluding carboxylic acids is 1. The van der Waals surface area contributed by atoms with Crippen molar-refractivity contribution in [3.63, 3.8) is 0 Å². The van der Waals surface area contributed by atoms with Gasteiger partial charge in [0.25, 0.3) is 0 Å². The highest BCUT2D eigenvalue weighted by molar-refractivity contribution is 5.69. The van der Waals surface area contributed by atoms with Crippen molar-refractivity contribution in [3.05, 3.63) is 72.9 Å². The quantitative estimate of drug-likeness (QED) is 0.0172. The van der Waals surface area contributed by atoms with Crippen LogP contribution < -0.4 is 0 Å². The molecule has 0 aromatic rings. The molecule has 11 unspecified atom stereocenters. The van der Waals surface area contributed by atoms with E-state index < -0.39 is 86.7 Å². The van der Waals surface area contributed by atoms with Crippen LogP contribution in [0.5, 0.6) is 0 Å². The Balaban J connectivity index is 1.67. The van der Waals surface area contributed by atoms with Gasteiger partial charge >= 0.3 is 5.97 Å². The van der Waals surface area contributed by atoms with E-state index in [0.29, 0.717) is 13.0 Å². The summed E-state index contributed by atoms with van der Waals surface area (Å²) in [4.78, 5) is 13.1. The van der Waals surface area contributed by atoms with Crippen LogP contribution in [0.2, 0.25) is 0 Å². The van der Waals surface area contributed by atoms with Crippen LogP contribution in [0, 0.1) is 0 Å². The first kappa shape index (κ1) is 75.5. The summed E-state index contributed by atoms with van der Waals surface area (Å²) < 4.78 is 34.5. The van der Waals surface area contributed by atoms with Crippen molar-refractivity contribution in [2.75, 3.05) is 33.0 Å². The van der Waals surface area contributed by atoms with Gasteiger partial charge in [-0.1, -0.05) is 254 Å². The number of carbonyl (C=O) groups is 1. The van der Waals surface area contributed by atoms with Crippen LogP contribution in [0.3, 0.4) is 0 Å². The molecule has 0 amide bonds. The summed E-state index contributed by atoms with van der Waals surface area (Å²) in [6, 6.07) is 0. The zero-order valence-electron chi connectivity index (χ0n) is 51.5. The zero-order valence-corrected chi connectivity index (χ0v) is 51.5. The van der Waals surface area contributed by atoms with E-state index in [1.54, 1.807) is 0 Å². The number of aliphatic hydroxyl groups excluding tert-OH is 7. The van der Waals surface area contributed by atoms with Gasteiger partial charge in [-0.2, -0.15) is 0 Å². The molecule has 7 N–H and O–H groups in total. The molecule has 0 aromatic heterocycles. The average molecular weight is 1160 g/mol. The fourth-order valence-corrected chi connectivity index (χ4v) is 10.2. The number of unbranched alkanes of at least 4 members (excludes halogenated alkanes) is 28. The summed E-state index contributed by atoms with van der Waals surface area (Å²) in [6.45, 7) is 3.58. The van der Waals surface area contributed by atoms with E-state index in [9.17, 15) is 40.5 Å². The molecule has 2 saturated heterocycles. The summed E-state index contributed by atoms with van der Waals surface area (Å²) in [5.41, 5.74) is 0. The molecule has 2 heterocycles. The smallest absolute Gasteiger partial charge is 0.306 e. The summed E-state index contributed by atoms with van der Waals surface area (Å²) in [5, 5.41) is 72.5. The van der Waals surface area contributed by atoms with Gasteiger partial charge in [0.05, 0.1) is 26.4 Å². The van der Waals surface area contributed by atoms with Gasteiger partial charge in [0.2, 0.25) is 0 Å². The number of hydrogen-bond acceptors (Lipinski definition) is 14. The predicted molar refractivity (Wildman–Crippen MR) is 330 cm³/mol. The Kier molecular flexibility index (Phi) is 49.6. The Morgan fingerprint density at radius 3 is 1.24 bits per heavy atom. The van der Waals surface area contributed by atoms with Crippen molar-refractivity contribution in [1.29, 1.82) is 0 Å². The largest absolute Gasteiger partial charge is 0.457 e. The second-order valence-corrected chi connectivity index (χ2v) is 22.9. The molecule has 2 fully saturated rings. The Morgan fingerprint density at radius 1 is 0.415 bits per heavy atom. The fraction of sp³-hybridized carbons (Fsp3) is 0.809. The number of allylic oxidation sites excluding steroid dienone is 12. The number of esters is 1. The van der Waals surface area contributed by atoms with Gasteiger partial charge in [-0.05, 0) is 64.2 Å². The Bertz CT molecular complexity index is 1630. The van der Waals surface area contributed by atoms with Gasteiger partial charge < -0.3 is 64.2 Å². The van der Waals surface area contributed by atoms with Crippen molar-refractivity contribution in [2.24, 2.45) is 0 Å². The lowest BCUT2D eigenvalue weighted by Gasteiger charge is -2.42. The molecule has 14 nitrogen and oxygen atoms in total. The lowest BCUT2D eigenvalue weighted by atomic mass is 9.98. The molecule has 476 valence electrons. The summed E-state index contributed by atoms with van der Waals surface area (Å²) in [5.74, 6) is -0.398. The minimum atomic E-state index is -1.72. The maximum atomic E-state index is 13.1. The Labute approximate surface area is 497 Å². The first-order valence-corrected chi connectivity index (χ1v) is 33.0. The van der Waals surface area contributed by atoms with Gasteiger partial charge in [-0.15, -0.1) is 0 Å². The topological polar surface area (TPSA) is 214 Å². The maximum absolute atomic E-state index is 13.1. The molecule has 11 atom stereocenters. The summed E-state index contributed by atoms with van der Waals surface area (Å²) in [7, 11) is 0. The molecule has 0 saturated carbocycles. The van der Waals surface area contributed by atoms with Crippen LogP contribution in [0.25, 0.3) is 0 Å². The van der Waals surface area contributed by atoms with E-state index in [2.05, 4.69) is 86.8 Å². The molecular formula is C68H120O14. The van der Waals surface area contributed by atoms with Crippen LogP contribution in [-0.4, -0.2) is 142 Å². The first-order chi connectivity index (χ1) is 40.1. The van der Waals surface area contributed by atoms with Crippen molar-refractivity contribution < 1.29 is 69.0 Å². The van der Waals surface area contributed by atoms with Crippen molar-refractivity contribution >= 4 is 5.97 Å². The first-order valence-electron chi connectivity index (χ1n) is 33.0. The van der Waals surface area contributed by atoms with Gasteiger partial charge in [-0.3, -0.25) is 4.79 Å². The third-order valence-corrected chi connectivity index (χ3v) is 15.5. The molecule has 2 aliphatic heterocycles. The van der Waals surface area contributed by atoms with Gasteiger partial charge in [0.15, 0.2) is 12.6 Å². The number of hydrogen-bond donors (Lipinski definition) is 7. The van der Waals surface area contributed by atoms with Gasteiger partial charge in [0.1, 0.15) is 54.9 Å². The third-order valence-electron chi connectivity index (χ3n) is 15.5. The van der Waals surface area contributed by atoms with Crippen LogP contribution in [0.15, 0.2) is 72.9 Å². The third kappa shape index (κ3) is 39.2. The highest BCUT2D eigenvalue weighted by Gasteiger charge is 2.47. The lowest BCUT2D eigenvalue weighted by Crippen LogP contribution is -2.61. The average Bonchev–Trinajstić information content (AvgIpc) is 3.48. The highest BCUT2D eigenvalue weighted by atomic mass is 16.7. The standard InChI is InChI=1S/C68H120O14/c1-3-5-7-9-11-13-15-17-19-21-23-25-27-28-30-32-34-36-38-40-42-44-46-48-50-52-77-54-57(55-78-67-66(76)64(74)62(72)59(82-67)56-79-68-65(75)63(73)61(71)58(53-69)81-68)80-60(70)51-49-47-45-43-41-39-37-35-33-31-29-26-24-22-20-18-16-14-12-10-8-6-4-2/h6,8,12,14,18,20,24,26,31,33,37,39,57-59,61-69,71-76H,3-5,7,9-11,13,15-17,19,21-23,25,27-30,32,34-36,38,40-56H2,1-2H3/b8-6-,14-12-,20-18-,26-24-,33-31-,39-37-. The lowest BCUT2D eigenvalue weighted by molar-refractivity contribution is -0.332. The Hall–Kier alpha value is -2.57. The molecule has 0 aliphatic carbocycles. The van der Waals surface area contributed by atoms with Crippen molar-refractivity contribution in [2.45, 2.75) is 319 Å². The monoisotopic (exact) mass is 1160 g/mol. The predicted octanol–water partition coefficient (Wildman–Crippen LogP) is 13.4. The molecule has 2 aliphatic rings. The second kappa shape index (κ2) is 53.9. The van der Waals surface area contributed by atoms with E-state index in [1.165, 1.54) is 141 Å². The van der Waals surface area contributed by atoms with E-state index in [0.717, 1.165) is 83.5 Å². The van der Waals surface area contributed by atoms with Crippen LogP contribution in [-0.2, 0) is 33.2 Å².